The molecule has 1 N–H and O–H groups in total. The van der Waals surface area contributed by atoms with E-state index >= 15 is 0 Å². The van der Waals surface area contributed by atoms with Crippen molar-refractivity contribution < 1.29 is 27.5 Å². The van der Waals surface area contributed by atoms with Gasteiger partial charge >= 0.3 is 0 Å². The molecule has 0 aromatic heterocycles. The molecule has 0 saturated carbocycles. The van der Waals surface area contributed by atoms with Gasteiger partial charge in [0.25, 0.3) is 15.9 Å². The second kappa shape index (κ2) is 13.7. The molecule has 9 nitrogen and oxygen atoms in total. The van der Waals surface area contributed by atoms with Gasteiger partial charge in [0.05, 0.1) is 12.7 Å². The van der Waals surface area contributed by atoms with Gasteiger partial charge in [-0.15, -0.1) is 0 Å². The average molecular weight is 592 g/mol. The van der Waals surface area contributed by atoms with E-state index in [2.05, 4.69) is 5.32 Å². The zero-order valence-electron chi connectivity index (χ0n) is 24.2. The topological polar surface area (TPSA) is 113 Å². The zero-order valence-corrected chi connectivity index (χ0v) is 25.0. The summed E-state index contributed by atoms with van der Waals surface area (Å²) in [5.74, 6) is -0.336. The molecular formula is C32H37N3O6S. The summed E-state index contributed by atoms with van der Waals surface area (Å²) in [6.45, 7) is 4.46. The third kappa shape index (κ3) is 7.17. The van der Waals surface area contributed by atoms with Crippen molar-refractivity contribution in [1.82, 2.24) is 14.5 Å². The first-order valence-corrected chi connectivity index (χ1v) is 15.5. The van der Waals surface area contributed by atoms with Gasteiger partial charge in [0, 0.05) is 32.5 Å². The second-order valence-electron chi connectivity index (χ2n) is 10.7. The first-order chi connectivity index (χ1) is 20.1. The van der Waals surface area contributed by atoms with Gasteiger partial charge in [-0.1, -0.05) is 68.4 Å². The lowest BCUT2D eigenvalue weighted by Gasteiger charge is -2.32. The first-order valence-electron chi connectivity index (χ1n) is 14.0. The van der Waals surface area contributed by atoms with E-state index in [1.165, 1.54) is 12.1 Å². The summed E-state index contributed by atoms with van der Waals surface area (Å²) in [6, 6.07) is 22.1. The normalized spacial score (nSPS) is 14.4. The van der Waals surface area contributed by atoms with Crippen LogP contribution >= 0.6 is 0 Å². The van der Waals surface area contributed by atoms with Crippen LogP contribution in [0.15, 0.2) is 83.8 Å². The van der Waals surface area contributed by atoms with E-state index in [4.69, 9.17) is 4.74 Å². The molecule has 1 atom stereocenters. The predicted octanol–water partition coefficient (Wildman–Crippen LogP) is 4.03. The third-order valence-corrected chi connectivity index (χ3v) is 8.95. The summed E-state index contributed by atoms with van der Waals surface area (Å²) in [4.78, 5) is 41.8. The highest BCUT2D eigenvalue weighted by molar-refractivity contribution is 7.90. The van der Waals surface area contributed by atoms with E-state index in [0.717, 1.165) is 15.4 Å². The van der Waals surface area contributed by atoms with Crippen molar-refractivity contribution >= 4 is 27.7 Å². The van der Waals surface area contributed by atoms with Crippen LogP contribution in [0.3, 0.4) is 0 Å². The van der Waals surface area contributed by atoms with Crippen LogP contribution in [0.25, 0.3) is 0 Å². The highest BCUT2D eigenvalue weighted by Gasteiger charge is 2.40. The Hall–Kier alpha value is -4.18. The number of nitrogens with zero attached hydrogens (tertiary/aromatic N) is 2. The number of hydrogen-bond donors (Lipinski definition) is 1. The van der Waals surface area contributed by atoms with Crippen molar-refractivity contribution in [2.45, 2.75) is 50.6 Å². The first kappa shape index (κ1) is 30.8. The summed E-state index contributed by atoms with van der Waals surface area (Å²) < 4.78 is 32.2. The maximum atomic E-state index is 13.9. The number of carbonyl (C=O) groups is 3. The number of ether oxygens (including phenoxy) is 1. The number of benzene rings is 3. The number of methoxy groups -OCH3 is 1. The van der Waals surface area contributed by atoms with Crippen LogP contribution in [0, 0.1) is 5.92 Å². The van der Waals surface area contributed by atoms with E-state index < -0.39 is 22.0 Å². The predicted molar refractivity (Wildman–Crippen MR) is 159 cm³/mol. The number of nitrogens with one attached hydrogen (secondary N) is 1. The fourth-order valence-corrected chi connectivity index (χ4v) is 6.52. The molecule has 0 saturated heterocycles. The van der Waals surface area contributed by atoms with Crippen LogP contribution in [-0.4, -0.2) is 61.6 Å². The highest BCUT2D eigenvalue weighted by Crippen LogP contribution is 2.30. The Bertz CT molecular complexity index is 1520. The van der Waals surface area contributed by atoms with Crippen LogP contribution in [0.4, 0.5) is 0 Å². The number of rotatable bonds is 13. The van der Waals surface area contributed by atoms with E-state index in [0.29, 0.717) is 18.7 Å². The summed E-state index contributed by atoms with van der Waals surface area (Å²) in [5, 5.41) is 2.98. The minimum atomic E-state index is -3.98. The van der Waals surface area contributed by atoms with Gasteiger partial charge in [0.15, 0.2) is 0 Å². The number of hydrogen-bond acceptors (Lipinski definition) is 6. The Balaban J connectivity index is 1.58. The van der Waals surface area contributed by atoms with Gasteiger partial charge in [-0.2, -0.15) is 0 Å². The number of amides is 3. The molecule has 0 radical (unpaired) electrons. The Morgan fingerprint density at radius 1 is 0.952 bits per heavy atom. The number of fused-ring (bicyclic) bond motifs is 1. The molecule has 0 aliphatic carbocycles. The van der Waals surface area contributed by atoms with Crippen LogP contribution in [-0.2, 0) is 32.6 Å². The quantitative estimate of drug-likeness (QED) is 0.321. The molecule has 4 rings (SSSR count). The third-order valence-electron chi connectivity index (χ3n) is 7.11. The summed E-state index contributed by atoms with van der Waals surface area (Å²) in [7, 11) is -2.41. The van der Waals surface area contributed by atoms with Crippen LogP contribution in [0.1, 0.15) is 48.2 Å². The van der Waals surface area contributed by atoms with E-state index in [1.807, 2.05) is 62.4 Å². The Labute approximate surface area is 247 Å². The molecule has 10 heteroatoms. The minimum absolute atomic E-state index is 0.0225. The molecule has 3 aromatic rings. The largest absolute Gasteiger partial charge is 0.497 e. The van der Waals surface area contributed by atoms with E-state index in [1.54, 1.807) is 30.2 Å². The van der Waals surface area contributed by atoms with Crippen molar-refractivity contribution in [2.75, 3.05) is 20.2 Å². The van der Waals surface area contributed by atoms with Crippen LogP contribution in [0.5, 0.6) is 5.75 Å². The van der Waals surface area contributed by atoms with Gasteiger partial charge in [0.2, 0.25) is 11.8 Å². The SMILES string of the molecule is COc1cccc(CN(C(=O)CCCN2C(=O)c3ccccc3S2(=O)=O)[C@@H](Cc2ccccc2)C(=O)NCC(C)C)c1. The maximum Gasteiger partial charge on any atom is 0.269 e. The lowest BCUT2D eigenvalue weighted by Crippen LogP contribution is -2.51. The molecule has 0 fully saturated rings. The summed E-state index contributed by atoms with van der Waals surface area (Å²) in [5.41, 5.74) is 1.82. The Morgan fingerprint density at radius 3 is 2.33 bits per heavy atom. The fourth-order valence-electron chi connectivity index (χ4n) is 4.91. The molecule has 3 aromatic carbocycles. The van der Waals surface area contributed by atoms with Crippen molar-refractivity contribution in [3.05, 3.63) is 95.6 Å². The number of sulfonamides is 1. The smallest absolute Gasteiger partial charge is 0.269 e. The molecule has 0 unspecified atom stereocenters. The molecule has 0 spiro atoms. The van der Waals surface area contributed by atoms with E-state index in [-0.39, 0.29) is 54.1 Å². The molecule has 1 heterocycles. The zero-order chi connectivity index (χ0) is 30.3. The van der Waals surface area contributed by atoms with Gasteiger partial charge in [-0.25, -0.2) is 12.7 Å². The number of carbonyl (C=O) groups excluding carboxylic acids is 3. The van der Waals surface area contributed by atoms with Gasteiger partial charge in [0.1, 0.15) is 16.7 Å². The summed E-state index contributed by atoms with van der Waals surface area (Å²) in [6.07, 6.45) is 0.356. The van der Waals surface area contributed by atoms with Crippen molar-refractivity contribution in [1.29, 1.82) is 0 Å². The Kier molecular flexibility index (Phi) is 10.0. The van der Waals surface area contributed by atoms with Crippen molar-refractivity contribution in [3.63, 3.8) is 0 Å². The highest BCUT2D eigenvalue weighted by atomic mass is 32.2. The van der Waals surface area contributed by atoms with Gasteiger partial charge in [-0.3, -0.25) is 14.4 Å². The molecule has 1 aliphatic rings. The van der Waals surface area contributed by atoms with E-state index in [9.17, 15) is 22.8 Å². The molecule has 42 heavy (non-hydrogen) atoms. The average Bonchev–Trinajstić information content (AvgIpc) is 3.18. The Morgan fingerprint density at radius 2 is 1.64 bits per heavy atom. The van der Waals surface area contributed by atoms with Gasteiger partial charge < -0.3 is 15.0 Å². The van der Waals surface area contributed by atoms with Crippen LogP contribution in [0.2, 0.25) is 0 Å². The minimum Gasteiger partial charge on any atom is -0.497 e. The van der Waals surface area contributed by atoms with Crippen molar-refractivity contribution in [3.8, 4) is 5.75 Å². The van der Waals surface area contributed by atoms with Crippen LogP contribution < -0.4 is 10.1 Å². The second-order valence-corrected chi connectivity index (χ2v) is 12.5. The molecule has 0 bridgehead atoms. The standard InChI is InChI=1S/C32H37N3O6S/c1-23(2)21-33-31(37)28(20-24-11-5-4-6-12-24)34(22-25-13-9-14-26(19-25)41-3)30(36)17-10-18-35-32(38)27-15-7-8-16-29(27)42(35,39)40/h4-9,11-16,19,23,28H,10,17-18,20-22H2,1-3H3,(H,33,37)/t28-/m0/s1. The molecule has 222 valence electrons. The van der Waals surface area contributed by atoms with Crippen molar-refractivity contribution in [2.24, 2.45) is 5.92 Å². The van der Waals surface area contributed by atoms with Gasteiger partial charge in [-0.05, 0) is 47.7 Å². The monoisotopic (exact) mass is 591 g/mol. The molecular weight excluding hydrogens is 554 g/mol. The molecule has 3 amide bonds. The summed E-state index contributed by atoms with van der Waals surface area (Å²) >= 11 is 0. The molecule has 1 aliphatic heterocycles. The lowest BCUT2D eigenvalue weighted by atomic mass is 10.0. The fraction of sp³-hybridized carbons (Fsp3) is 0.344. The maximum absolute atomic E-state index is 13.9. The lowest BCUT2D eigenvalue weighted by molar-refractivity contribution is -0.141.